The van der Waals surface area contributed by atoms with Crippen LogP contribution >= 0.6 is 27.7 Å². The van der Waals surface area contributed by atoms with E-state index in [1.54, 1.807) is 7.11 Å². The van der Waals surface area contributed by atoms with Crippen LogP contribution in [0.3, 0.4) is 0 Å². The standard InChI is InChI=1S/C22H23BrN4O2S/c1-3-13-27-21(17-6-8-18(23)9-7-17)25-26-22(27)30-14-12-20(28)24-15-16-4-10-19(29-2)11-5-16/h3-11H,1,12-15H2,2H3,(H,24,28). The Kier molecular flexibility index (Phi) is 8.10. The van der Waals surface area contributed by atoms with Crippen LogP contribution in [0, 0.1) is 0 Å². The van der Waals surface area contributed by atoms with Crippen molar-refractivity contribution in [3.8, 4) is 17.1 Å². The number of carbonyl (C=O) groups is 1. The molecule has 2 aromatic carbocycles. The van der Waals surface area contributed by atoms with Gasteiger partial charge in [0.05, 0.1) is 7.11 Å². The Bertz CT molecular complexity index is 987. The average molecular weight is 487 g/mol. The Morgan fingerprint density at radius 3 is 2.60 bits per heavy atom. The monoisotopic (exact) mass is 486 g/mol. The van der Waals surface area contributed by atoms with Crippen molar-refractivity contribution in [1.82, 2.24) is 20.1 Å². The first-order valence-electron chi connectivity index (χ1n) is 9.43. The summed E-state index contributed by atoms with van der Waals surface area (Å²) in [5, 5.41) is 12.4. The van der Waals surface area contributed by atoms with E-state index in [2.05, 4.69) is 38.0 Å². The van der Waals surface area contributed by atoms with Crippen LogP contribution in [0.25, 0.3) is 11.4 Å². The highest BCUT2D eigenvalue weighted by molar-refractivity contribution is 9.10. The minimum atomic E-state index is 0.00115. The minimum Gasteiger partial charge on any atom is -0.497 e. The number of ether oxygens (including phenoxy) is 1. The van der Waals surface area contributed by atoms with Gasteiger partial charge in [0.15, 0.2) is 11.0 Å². The van der Waals surface area contributed by atoms with E-state index in [4.69, 9.17) is 4.74 Å². The number of hydrogen-bond acceptors (Lipinski definition) is 5. The topological polar surface area (TPSA) is 69.0 Å². The molecule has 0 aliphatic heterocycles. The summed E-state index contributed by atoms with van der Waals surface area (Å²) < 4.78 is 8.16. The van der Waals surface area contributed by atoms with Gasteiger partial charge >= 0.3 is 0 Å². The fourth-order valence-electron chi connectivity index (χ4n) is 2.77. The van der Waals surface area contributed by atoms with E-state index in [-0.39, 0.29) is 5.91 Å². The first-order valence-corrected chi connectivity index (χ1v) is 11.2. The molecular formula is C22H23BrN4O2S. The smallest absolute Gasteiger partial charge is 0.221 e. The van der Waals surface area contributed by atoms with Crippen LogP contribution in [-0.4, -0.2) is 33.5 Å². The summed E-state index contributed by atoms with van der Waals surface area (Å²) >= 11 is 4.96. The molecule has 1 amide bonds. The minimum absolute atomic E-state index is 0.00115. The molecule has 0 aliphatic carbocycles. The molecule has 30 heavy (non-hydrogen) atoms. The molecular weight excluding hydrogens is 464 g/mol. The van der Waals surface area contributed by atoms with Gasteiger partial charge in [0.2, 0.25) is 5.91 Å². The van der Waals surface area contributed by atoms with Gasteiger partial charge in [0.1, 0.15) is 5.75 Å². The van der Waals surface area contributed by atoms with Crippen molar-refractivity contribution in [3.63, 3.8) is 0 Å². The molecule has 156 valence electrons. The molecule has 1 N–H and O–H groups in total. The van der Waals surface area contributed by atoms with Gasteiger partial charge in [-0.05, 0) is 29.8 Å². The van der Waals surface area contributed by atoms with Crippen molar-refractivity contribution < 1.29 is 9.53 Å². The van der Waals surface area contributed by atoms with Crippen LogP contribution in [-0.2, 0) is 17.9 Å². The molecule has 0 bridgehead atoms. The highest BCUT2D eigenvalue weighted by atomic mass is 79.9. The molecule has 0 fully saturated rings. The van der Waals surface area contributed by atoms with E-state index in [1.165, 1.54) is 11.8 Å². The van der Waals surface area contributed by atoms with E-state index in [0.29, 0.717) is 25.3 Å². The lowest BCUT2D eigenvalue weighted by Gasteiger charge is -2.08. The second-order valence-electron chi connectivity index (χ2n) is 6.44. The van der Waals surface area contributed by atoms with Gasteiger partial charge in [-0.25, -0.2) is 0 Å². The van der Waals surface area contributed by atoms with Gasteiger partial charge in [0, 0.05) is 35.3 Å². The number of amides is 1. The molecule has 0 radical (unpaired) electrons. The number of nitrogens with one attached hydrogen (secondary N) is 1. The summed E-state index contributed by atoms with van der Waals surface area (Å²) in [6.45, 7) is 4.93. The lowest BCUT2D eigenvalue weighted by Crippen LogP contribution is -2.23. The Hall–Kier alpha value is -2.58. The third-order valence-electron chi connectivity index (χ3n) is 4.34. The van der Waals surface area contributed by atoms with Gasteiger partial charge in [0.25, 0.3) is 0 Å². The molecule has 0 aliphatic rings. The lowest BCUT2D eigenvalue weighted by molar-refractivity contribution is -0.120. The van der Waals surface area contributed by atoms with Crippen LogP contribution in [0.2, 0.25) is 0 Å². The van der Waals surface area contributed by atoms with Crippen molar-refractivity contribution in [2.45, 2.75) is 24.7 Å². The first kappa shape index (κ1) is 22.1. The number of nitrogens with zero attached hydrogens (tertiary/aromatic N) is 3. The van der Waals surface area contributed by atoms with Gasteiger partial charge < -0.3 is 10.1 Å². The van der Waals surface area contributed by atoms with Gasteiger partial charge in [-0.1, -0.05) is 58.0 Å². The van der Waals surface area contributed by atoms with Gasteiger partial charge in [-0.2, -0.15) is 0 Å². The molecule has 0 atom stereocenters. The molecule has 1 aromatic heterocycles. The second-order valence-corrected chi connectivity index (χ2v) is 8.41. The number of hydrogen-bond donors (Lipinski definition) is 1. The maximum absolute atomic E-state index is 12.2. The molecule has 0 saturated carbocycles. The Labute approximate surface area is 188 Å². The predicted octanol–water partition coefficient (Wildman–Crippen LogP) is 4.70. The lowest BCUT2D eigenvalue weighted by atomic mass is 10.2. The number of carbonyl (C=O) groups excluding carboxylic acids is 1. The van der Waals surface area contributed by atoms with Crippen molar-refractivity contribution in [2.75, 3.05) is 12.9 Å². The number of benzene rings is 2. The van der Waals surface area contributed by atoms with E-state index in [9.17, 15) is 4.79 Å². The maximum atomic E-state index is 12.2. The number of methoxy groups -OCH3 is 1. The zero-order valence-electron chi connectivity index (χ0n) is 16.7. The summed E-state index contributed by atoms with van der Waals surface area (Å²) in [7, 11) is 1.63. The largest absolute Gasteiger partial charge is 0.497 e. The van der Waals surface area contributed by atoms with Gasteiger partial charge in [-0.3, -0.25) is 9.36 Å². The van der Waals surface area contributed by atoms with Crippen molar-refractivity contribution in [3.05, 3.63) is 71.2 Å². The first-order chi connectivity index (χ1) is 14.6. The zero-order valence-corrected chi connectivity index (χ0v) is 19.1. The number of halogens is 1. The second kappa shape index (κ2) is 11.0. The Balaban J connectivity index is 1.54. The van der Waals surface area contributed by atoms with Crippen molar-refractivity contribution in [1.29, 1.82) is 0 Å². The number of aromatic nitrogens is 3. The quantitative estimate of drug-likeness (QED) is 0.332. The van der Waals surface area contributed by atoms with E-state index < -0.39 is 0 Å². The Morgan fingerprint density at radius 1 is 1.20 bits per heavy atom. The summed E-state index contributed by atoms with van der Waals surface area (Å²) in [5.74, 6) is 2.20. The molecule has 0 saturated heterocycles. The summed E-state index contributed by atoms with van der Waals surface area (Å²) in [6, 6.07) is 15.6. The van der Waals surface area contributed by atoms with Crippen LogP contribution in [0.5, 0.6) is 5.75 Å². The van der Waals surface area contributed by atoms with Crippen LogP contribution < -0.4 is 10.1 Å². The van der Waals surface area contributed by atoms with Crippen LogP contribution in [0.15, 0.2) is 70.8 Å². The van der Waals surface area contributed by atoms with Crippen molar-refractivity contribution >= 4 is 33.6 Å². The maximum Gasteiger partial charge on any atom is 0.221 e. The number of allylic oxidation sites excluding steroid dienone is 1. The van der Waals surface area contributed by atoms with Gasteiger partial charge in [-0.15, -0.1) is 16.8 Å². The highest BCUT2D eigenvalue weighted by Gasteiger charge is 2.14. The van der Waals surface area contributed by atoms with E-state index in [0.717, 1.165) is 32.3 Å². The number of rotatable bonds is 10. The third kappa shape index (κ3) is 5.96. The average Bonchev–Trinajstić information content (AvgIpc) is 3.16. The molecule has 6 nitrogen and oxygen atoms in total. The normalized spacial score (nSPS) is 10.6. The molecule has 3 aromatic rings. The molecule has 1 heterocycles. The van der Waals surface area contributed by atoms with E-state index in [1.807, 2.05) is 59.2 Å². The fraction of sp³-hybridized carbons (Fsp3) is 0.227. The summed E-state index contributed by atoms with van der Waals surface area (Å²) in [6.07, 6.45) is 2.22. The zero-order chi connectivity index (χ0) is 21.3. The van der Waals surface area contributed by atoms with Crippen LogP contribution in [0.1, 0.15) is 12.0 Å². The summed E-state index contributed by atoms with van der Waals surface area (Å²) in [4.78, 5) is 12.2. The molecule has 0 spiro atoms. The third-order valence-corrected chi connectivity index (χ3v) is 5.84. The number of thioether (sulfide) groups is 1. The van der Waals surface area contributed by atoms with Crippen LogP contribution in [0.4, 0.5) is 0 Å². The predicted molar refractivity (Wildman–Crippen MR) is 124 cm³/mol. The van der Waals surface area contributed by atoms with E-state index >= 15 is 0 Å². The summed E-state index contributed by atoms with van der Waals surface area (Å²) in [5.41, 5.74) is 2.01. The highest BCUT2D eigenvalue weighted by Crippen LogP contribution is 2.25. The fourth-order valence-corrected chi connectivity index (χ4v) is 3.92. The van der Waals surface area contributed by atoms with Crippen molar-refractivity contribution in [2.24, 2.45) is 0 Å². The molecule has 0 unspecified atom stereocenters. The SMILES string of the molecule is C=CCn1c(SCCC(=O)NCc2ccc(OC)cc2)nnc1-c1ccc(Br)cc1. The molecule has 3 rings (SSSR count). The molecule has 8 heteroatoms. The Morgan fingerprint density at radius 2 is 1.93 bits per heavy atom.